The number of ether oxygens (including phenoxy) is 1. The van der Waals surface area contributed by atoms with Gasteiger partial charge in [0, 0.05) is 44.5 Å². The van der Waals surface area contributed by atoms with Crippen LogP contribution in [0.3, 0.4) is 0 Å². The van der Waals surface area contributed by atoms with E-state index in [1.165, 1.54) is 7.11 Å². The molecular weight excluding hydrogens is 246 g/mol. The van der Waals surface area contributed by atoms with Crippen molar-refractivity contribution in [3.05, 3.63) is 18.0 Å². The van der Waals surface area contributed by atoms with Gasteiger partial charge in [0.2, 0.25) is 0 Å². The number of nitrogens with two attached hydrogens (primary N) is 1. The fourth-order valence-corrected chi connectivity index (χ4v) is 2.52. The summed E-state index contributed by atoms with van der Waals surface area (Å²) in [6.07, 6.45) is 4.36. The number of rotatable bonds is 4. The van der Waals surface area contributed by atoms with Gasteiger partial charge in [0.1, 0.15) is 0 Å². The Bertz CT molecular complexity index is 434. The van der Waals surface area contributed by atoms with Gasteiger partial charge in [-0.05, 0) is 6.42 Å². The Kier molecular flexibility index (Phi) is 4.39. The van der Waals surface area contributed by atoms with E-state index < -0.39 is 0 Å². The Hall–Kier alpha value is -1.60. The lowest BCUT2D eigenvalue weighted by atomic mass is 10.1. The molecule has 2 atom stereocenters. The van der Waals surface area contributed by atoms with Gasteiger partial charge in [0.25, 0.3) is 0 Å². The number of aryl methyl sites for hydroxylation is 1. The van der Waals surface area contributed by atoms with E-state index >= 15 is 0 Å². The smallest absolute Gasteiger partial charge is 0.407 e. The van der Waals surface area contributed by atoms with Crippen LogP contribution in [0.15, 0.2) is 12.4 Å². The second kappa shape index (κ2) is 6.03. The minimum Gasteiger partial charge on any atom is -0.453 e. The summed E-state index contributed by atoms with van der Waals surface area (Å²) in [7, 11) is 3.27. The summed E-state index contributed by atoms with van der Waals surface area (Å²) in [5.74, 6) is 0. The van der Waals surface area contributed by atoms with Gasteiger partial charge in [-0.25, -0.2) is 4.79 Å². The third-order valence-corrected chi connectivity index (χ3v) is 3.50. The number of carbonyl (C=O) groups is 1. The molecule has 2 heterocycles. The van der Waals surface area contributed by atoms with E-state index in [-0.39, 0.29) is 18.2 Å². The maximum atomic E-state index is 11.2. The molecule has 1 aromatic rings. The van der Waals surface area contributed by atoms with Gasteiger partial charge >= 0.3 is 6.09 Å². The summed E-state index contributed by atoms with van der Waals surface area (Å²) < 4.78 is 6.39. The predicted octanol–water partition coefficient (Wildman–Crippen LogP) is -0.150. The molecule has 0 aromatic carbocycles. The summed E-state index contributed by atoms with van der Waals surface area (Å²) in [4.78, 5) is 13.5. The molecule has 2 rings (SSSR count). The van der Waals surface area contributed by atoms with Crippen molar-refractivity contribution < 1.29 is 9.53 Å². The van der Waals surface area contributed by atoms with Crippen molar-refractivity contribution in [1.29, 1.82) is 0 Å². The minimum atomic E-state index is -0.377. The summed E-state index contributed by atoms with van der Waals surface area (Å²) in [5, 5.41) is 7.01. The fourth-order valence-electron chi connectivity index (χ4n) is 2.52. The molecule has 7 nitrogen and oxygen atoms in total. The van der Waals surface area contributed by atoms with Gasteiger partial charge in [-0.3, -0.25) is 9.58 Å². The van der Waals surface area contributed by atoms with Crippen LogP contribution in [-0.2, 0) is 11.8 Å². The van der Waals surface area contributed by atoms with Crippen LogP contribution in [0.1, 0.15) is 18.0 Å². The van der Waals surface area contributed by atoms with E-state index in [2.05, 4.69) is 20.1 Å². The number of hydrogen-bond acceptors (Lipinski definition) is 5. The maximum absolute atomic E-state index is 11.2. The highest BCUT2D eigenvalue weighted by Gasteiger charge is 2.30. The van der Waals surface area contributed by atoms with Crippen molar-refractivity contribution in [3.63, 3.8) is 0 Å². The predicted molar refractivity (Wildman–Crippen MR) is 70.5 cm³/mol. The molecule has 0 saturated carbocycles. The third kappa shape index (κ3) is 3.24. The van der Waals surface area contributed by atoms with Gasteiger partial charge in [0.05, 0.1) is 19.3 Å². The molecule has 19 heavy (non-hydrogen) atoms. The fraction of sp³-hybridized carbons (Fsp3) is 0.667. The highest BCUT2D eigenvalue weighted by Crippen LogP contribution is 2.23. The highest BCUT2D eigenvalue weighted by molar-refractivity contribution is 5.67. The van der Waals surface area contributed by atoms with E-state index in [1.807, 2.05) is 19.4 Å². The number of nitrogens with one attached hydrogen (secondary N) is 1. The van der Waals surface area contributed by atoms with Gasteiger partial charge in [-0.15, -0.1) is 0 Å². The average Bonchev–Trinajstić information content (AvgIpc) is 3.01. The molecule has 1 aliphatic heterocycles. The Morgan fingerprint density at radius 2 is 2.53 bits per heavy atom. The lowest BCUT2D eigenvalue weighted by molar-refractivity contribution is 0.165. The van der Waals surface area contributed by atoms with Crippen LogP contribution in [0, 0.1) is 0 Å². The molecule has 3 N–H and O–H groups in total. The van der Waals surface area contributed by atoms with Crippen LogP contribution in [0.2, 0.25) is 0 Å². The first-order valence-electron chi connectivity index (χ1n) is 6.41. The number of carbonyl (C=O) groups excluding carboxylic acids is 1. The van der Waals surface area contributed by atoms with Crippen molar-refractivity contribution in [3.8, 4) is 0 Å². The molecule has 1 aromatic heterocycles. The quantitative estimate of drug-likeness (QED) is 0.792. The molecule has 1 amide bonds. The molecule has 1 saturated heterocycles. The van der Waals surface area contributed by atoms with Crippen molar-refractivity contribution >= 4 is 6.09 Å². The first kappa shape index (κ1) is 13.8. The molecule has 0 radical (unpaired) electrons. The molecule has 1 fully saturated rings. The lowest BCUT2D eigenvalue weighted by Gasteiger charge is -2.25. The van der Waals surface area contributed by atoms with E-state index in [1.54, 1.807) is 4.68 Å². The maximum Gasteiger partial charge on any atom is 0.407 e. The zero-order valence-corrected chi connectivity index (χ0v) is 11.4. The number of alkyl carbamates (subject to hydrolysis) is 1. The summed E-state index contributed by atoms with van der Waals surface area (Å²) in [6.45, 7) is 2.23. The topological polar surface area (TPSA) is 85.4 Å². The lowest BCUT2D eigenvalue weighted by Crippen LogP contribution is -2.39. The first-order valence-corrected chi connectivity index (χ1v) is 6.41. The number of methoxy groups -OCH3 is 1. The number of likely N-dealkylation sites (tertiary alicyclic amines) is 1. The Morgan fingerprint density at radius 1 is 1.74 bits per heavy atom. The van der Waals surface area contributed by atoms with Crippen LogP contribution in [0.25, 0.3) is 0 Å². The van der Waals surface area contributed by atoms with Crippen LogP contribution in [-0.4, -0.2) is 53.6 Å². The number of amides is 1. The van der Waals surface area contributed by atoms with Gasteiger partial charge < -0.3 is 15.8 Å². The van der Waals surface area contributed by atoms with Crippen molar-refractivity contribution in [2.24, 2.45) is 12.8 Å². The second-order valence-corrected chi connectivity index (χ2v) is 4.82. The molecule has 7 heteroatoms. The second-order valence-electron chi connectivity index (χ2n) is 4.82. The van der Waals surface area contributed by atoms with Gasteiger partial charge in [-0.2, -0.15) is 5.10 Å². The van der Waals surface area contributed by atoms with Crippen molar-refractivity contribution in [2.75, 3.05) is 26.7 Å². The molecular formula is C12H21N5O2. The first-order chi connectivity index (χ1) is 9.13. The zero-order chi connectivity index (χ0) is 13.8. The van der Waals surface area contributed by atoms with Crippen LogP contribution >= 0.6 is 0 Å². The minimum absolute atomic E-state index is 0.123. The van der Waals surface area contributed by atoms with E-state index in [0.717, 1.165) is 25.1 Å². The Labute approximate surface area is 112 Å². The highest BCUT2D eigenvalue weighted by atomic mass is 16.5. The number of aromatic nitrogens is 2. The van der Waals surface area contributed by atoms with Gasteiger partial charge in [-0.1, -0.05) is 0 Å². The third-order valence-electron chi connectivity index (χ3n) is 3.50. The molecule has 0 aliphatic carbocycles. The number of hydrogen-bond donors (Lipinski definition) is 2. The standard InChI is InChI=1S/C12H21N5O2/c1-16-7-9(6-14-16)11(5-13)17-4-3-10(8-17)15-12(18)19-2/h6-7,10-11H,3-5,8,13H2,1-2H3,(H,15,18). The van der Waals surface area contributed by atoms with E-state index in [9.17, 15) is 4.79 Å². The van der Waals surface area contributed by atoms with Gasteiger partial charge in [0.15, 0.2) is 0 Å². The van der Waals surface area contributed by atoms with E-state index in [4.69, 9.17) is 5.73 Å². The number of nitrogens with zero attached hydrogens (tertiary/aromatic N) is 3. The Balaban J connectivity index is 1.96. The average molecular weight is 267 g/mol. The monoisotopic (exact) mass is 267 g/mol. The molecule has 0 spiro atoms. The Morgan fingerprint density at radius 3 is 3.11 bits per heavy atom. The summed E-state index contributed by atoms with van der Waals surface area (Å²) in [5.41, 5.74) is 6.99. The molecule has 106 valence electrons. The summed E-state index contributed by atoms with van der Waals surface area (Å²) in [6, 6.07) is 0.274. The van der Waals surface area contributed by atoms with Crippen molar-refractivity contribution in [2.45, 2.75) is 18.5 Å². The largest absolute Gasteiger partial charge is 0.453 e. The normalized spacial score (nSPS) is 21.3. The van der Waals surface area contributed by atoms with Crippen LogP contribution in [0.5, 0.6) is 0 Å². The molecule has 1 aliphatic rings. The summed E-state index contributed by atoms with van der Waals surface area (Å²) >= 11 is 0. The molecule has 2 unspecified atom stereocenters. The zero-order valence-electron chi connectivity index (χ0n) is 11.4. The van der Waals surface area contributed by atoms with Crippen molar-refractivity contribution in [1.82, 2.24) is 20.0 Å². The van der Waals surface area contributed by atoms with Crippen LogP contribution < -0.4 is 11.1 Å². The van der Waals surface area contributed by atoms with Crippen LogP contribution in [0.4, 0.5) is 4.79 Å². The SMILES string of the molecule is COC(=O)NC1CCN(C(CN)c2cnn(C)c2)C1. The van der Waals surface area contributed by atoms with E-state index in [0.29, 0.717) is 6.54 Å². The molecule has 0 bridgehead atoms.